The van der Waals surface area contributed by atoms with Crippen molar-refractivity contribution in [2.75, 3.05) is 52.2 Å². The van der Waals surface area contributed by atoms with E-state index < -0.39 is 0 Å². The lowest BCUT2D eigenvalue weighted by Gasteiger charge is -2.33. The first kappa shape index (κ1) is 27.3. The van der Waals surface area contributed by atoms with Crippen LogP contribution in [0.25, 0.3) is 22.7 Å². The van der Waals surface area contributed by atoms with Gasteiger partial charge in [0.25, 0.3) is 5.91 Å². The summed E-state index contributed by atoms with van der Waals surface area (Å²) in [6.45, 7) is 9.63. The van der Waals surface area contributed by atoms with Crippen LogP contribution in [0.4, 0.5) is 5.69 Å². The number of pyridine rings is 1. The Morgan fingerprint density at radius 1 is 1.17 bits per heavy atom. The van der Waals surface area contributed by atoms with Crippen LogP contribution >= 0.6 is 0 Å². The minimum absolute atomic E-state index is 0.147. The molecule has 1 amide bonds. The van der Waals surface area contributed by atoms with Crippen molar-refractivity contribution in [1.82, 2.24) is 19.8 Å². The highest BCUT2D eigenvalue weighted by atomic mass is 16.3. The Labute approximate surface area is 213 Å². The number of piperazine rings is 1. The molecule has 1 aliphatic heterocycles. The molecule has 0 bridgehead atoms. The number of amides is 1. The van der Waals surface area contributed by atoms with E-state index >= 15 is 0 Å². The molecule has 1 saturated heterocycles. The average molecular weight is 492 g/mol. The molecular weight excluding hydrogens is 454 g/mol. The fourth-order valence-corrected chi connectivity index (χ4v) is 4.08. The van der Waals surface area contributed by atoms with Crippen molar-refractivity contribution >= 4 is 22.8 Å². The number of likely N-dealkylation sites (N-methyl/N-ethyl adjacent to an activating group) is 1. The lowest BCUT2D eigenvalue weighted by Crippen LogP contribution is -2.45. The second-order valence-electron chi connectivity index (χ2n) is 8.85. The van der Waals surface area contributed by atoms with Gasteiger partial charge in [-0.2, -0.15) is 4.98 Å². The van der Waals surface area contributed by atoms with Gasteiger partial charge in [-0.05, 0) is 43.7 Å². The largest absolute Gasteiger partial charge is 0.434 e. The first-order chi connectivity index (χ1) is 17.5. The zero-order valence-corrected chi connectivity index (χ0v) is 21.6. The number of allylic oxidation sites excluding steroid dienone is 1. The first-order valence-electron chi connectivity index (χ1n) is 12.4. The molecule has 0 radical (unpaired) electrons. The monoisotopic (exact) mass is 491 g/mol. The molecule has 1 unspecified atom stereocenters. The van der Waals surface area contributed by atoms with Crippen molar-refractivity contribution in [3.63, 3.8) is 0 Å². The molecule has 8 nitrogen and oxygen atoms in total. The van der Waals surface area contributed by atoms with Gasteiger partial charge in [0, 0.05) is 51.6 Å². The van der Waals surface area contributed by atoms with Crippen LogP contribution in [-0.4, -0.2) is 77.7 Å². The molecule has 3 aromatic rings. The Balaban J connectivity index is 0.00000176. The van der Waals surface area contributed by atoms with E-state index in [2.05, 4.69) is 45.1 Å². The molecule has 2 aromatic heterocycles. The molecule has 0 saturated carbocycles. The van der Waals surface area contributed by atoms with Crippen molar-refractivity contribution in [3.8, 4) is 11.5 Å². The van der Waals surface area contributed by atoms with Crippen molar-refractivity contribution in [2.45, 2.75) is 20.3 Å². The zero-order valence-electron chi connectivity index (χ0n) is 21.6. The van der Waals surface area contributed by atoms with Gasteiger partial charge < -0.3 is 24.6 Å². The third-order valence-electron chi connectivity index (χ3n) is 6.00. The van der Waals surface area contributed by atoms with Gasteiger partial charge in [-0.15, -0.1) is 0 Å². The number of aliphatic hydroxyl groups excluding tert-OH is 1. The second kappa shape index (κ2) is 13.7. The van der Waals surface area contributed by atoms with E-state index in [0.717, 1.165) is 51.8 Å². The third kappa shape index (κ3) is 7.34. The number of hydrogen-bond donors (Lipinski definition) is 2. The van der Waals surface area contributed by atoms with Crippen LogP contribution in [0.2, 0.25) is 0 Å². The van der Waals surface area contributed by atoms with Gasteiger partial charge in [0.15, 0.2) is 11.2 Å². The van der Waals surface area contributed by atoms with Crippen LogP contribution in [0.1, 0.15) is 20.3 Å². The molecule has 3 heterocycles. The quantitative estimate of drug-likeness (QED) is 0.360. The van der Waals surface area contributed by atoms with E-state index in [1.807, 2.05) is 55.5 Å². The number of aromatic nitrogens is 2. The summed E-state index contributed by atoms with van der Waals surface area (Å²) in [7, 11) is 3.17. The Morgan fingerprint density at radius 2 is 1.92 bits per heavy atom. The number of hydrogen-bond acceptors (Lipinski definition) is 7. The number of nitrogens with one attached hydrogen (secondary N) is 1. The summed E-state index contributed by atoms with van der Waals surface area (Å²) in [6, 6.07) is 11.2. The van der Waals surface area contributed by atoms with Gasteiger partial charge in [0.2, 0.25) is 5.89 Å². The van der Waals surface area contributed by atoms with Crippen LogP contribution in [-0.2, 0) is 4.79 Å². The van der Waals surface area contributed by atoms with Crippen LogP contribution in [0.5, 0.6) is 0 Å². The number of carbonyl (C=O) groups is 1. The van der Waals surface area contributed by atoms with Crippen LogP contribution in [0.3, 0.4) is 0 Å². The number of anilines is 1. The summed E-state index contributed by atoms with van der Waals surface area (Å²) >= 11 is 0. The summed E-state index contributed by atoms with van der Waals surface area (Å²) in [5, 5.41) is 10.1. The predicted octanol–water partition coefficient (Wildman–Crippen LogP) is 4.21. The minimum atomic E-state index is -0.147. The third-order valence-corrected chi connectivity index (χ3v) is 6.00. The molecule has 192 valence electrons. The first-order valence-corrected chi connectivity index (χ1v) is 12.4. The van der Waals surface area contributed by atoms with Gasteiger partial charge in [-0.1, -0.05) is 44.2 Å². The smallest absolute Gasteiger partial charge is 0.255 e. The molecule has 1 aromatic carbocycles. The molecule has 36 heavy (non-hydrogen) atoms. The zero-order chi connectivity index (χ0) is 25.9. The lowest BCUT2D eigenvalue weighted by molar-refractivity contribution is -0.112. The Hall–Kier alpha value is -3.33. The lowest BCUT2D eigenvalue weighted by atomic mass is 10.1. The maximum absolute atomic E-state index is 13.2. The molecule has 8 heteroatoms. The summed E-state index contributed by atoms with van der Waals surface area (Å²) in [5.74, 6) is 0.643. The maximum Gasteiger partial charge on any atom is 0.255 e. The molecule has 0 spiro atoms. The molecule has 1 aliphatic rings. The van der Waals surface area contributed by atoms with Crippen molar-refractivity contribution in [3.05, 3.63) is 66.4 Å². The highest BCUT2D eigenvalue weighted by Crippen LogP contribution is 2.29. The molecule has 2 N–H and O–H groups in total. The van der Waals surface area contributed by atoms with Crippen molar-refractivity contribution < 1.29 is 14.3 Å². The van der Waals surface area contributed by atoms with E-state index in [1.165, 1.54) is 0 Å². The van der Waals surface area contributed by atoms with Crippen molar-refractivity contribution in [2.24, 2.45) is 5.92 Å². The normalized spacial score (nSPS) is 16.1. The number of aliphatic hydroxyl groups is 1. The van der Waals surface area contributed by atoms with E-state index in [0.29, 0.717) is 34.3 Å². The van der Waals surface area contributed by atoms with E-state index in [-0.39, 0.29) is 5.91 Å². The highest BCUT2D eigenvalue weighted by Gasteiger charge is 2.17. The fourth-order valence-electron chi connectivity index (χ4n) is 4.08. The topological polar surface area (TPSA) is 94.7 Å². The number of nitrogens with zero attached hydrogens (tertiary/aromatic N) is 4. The molecule has 1 fully saturated rings. The average Bonchev–Trinajstić information content (AvgIpc) is 3.33. The summed E-state index contributed by atoms with van der Waals surface area (Å²) in [5.41, 5.74) is 3.18. The SMILES string of the molecule is CC/C=C(\C=C/C(C)CN1CCN(C)CC1)C(=O)Nc1ccccc1-c1nc2ncccc2o1.CO. The molecule has 1 atom stereocenters. The number of para-hydroxylation sites is 1. The summed E-state index contributed by atoms with van der Waals surface area (Å²) < 4.78 is 5.88. The van der Waals surface area contributed by atoms with Gasteiger partial charge in [0.05, 0.1) is 11.3 Å². The van der Waals surface area contributed by atoms with E-state index in [9.17, 15) is 4.79 Å². The number of rotatable bonds is 8. The van der Waals surface area contributed by atoms with Gasteiger partial charge in [-0.25, -0.2) is 4.98 Å². The number of fused-ring (bicyclic) bond motifs is 1. The summed E-state index contributed by atoms with van der Waals surface area (Å²) in [4.78, 5) is 26.8. The predicted molar refractivity (Wildman–Crippen MR) is 145 cm³/mol. The van der Waals surface area contributed by atoms with Crippen LogP contribution in [0.15, 0.2) is 70.8 Å². The number of carbonyl (C=O) groups excluding carboxylic acids is 1. The Morgan fingerprint density at radius 3 is 2.64 bits per heavy atom. The Bertz CT molecular complexity index is 1150. The maximum atomic E-state index is 13.2. The van der Waals surface area contributed by atoms with Crippen molar-refractivity contribution in [1.29, 1.82) is 0 Å². The van der Waals surface area contributed by atoms with Gasteiger partial charge in [0.1, 0.15) is 0 Å². The van der Waals surface area contributed by atoms with E-state index in [1.54, 1.807) is 6.20 Å². The van der Waals surface area contributed by atoms with Crippen LogP contribution in [0, 0.1) is 5.92 Å². The standard InChI is InChI=1S/C27H33N5O2.CH4O/c1-4-8-21(13-12-20(2)19-32-17-15-31(3)16-18-32)26(33)29-23-10-6-5-9-22(23)27-30-25-24(34-27)11-7-14-28-25;1-2/h5-14,20H,4,15-19H2,1-3H3,(H,29,33);2H,1H3/b13-12-,21-8+;. The molecule has 0 aliphatic carbocycles. The Kier molecular flexibility index (Phi) is 10.4. The minimum Gasteiger partial charge on any atom is -0.434 e. The fraction of sp³-hybridized carbons (Fsp3) is 0.393. The highest BCUT2D eigenvalue weighted by molar-refractivity contribution is 6.07. The second-order valence-corrected chi connectivity index (χ2v) is 8.85. The molecule has 4 rings (SSSR count). The number of benzene rings is 1. The molecular formula is C28H37N5O3. The van der Waals surface area contributed by atoms with Gasteiger partial charge in [-0.3, -0.25) is 4.79 Å². The van der Waals surface area contributed by atoms with E-state index in [4.69, 9.17) is 9.52 Å². The number of oxazole rings is 1. The summed E-state index contributed by atoms with van der Waals surface area (Å²) in [6.07, 6.45) is 8.50. The van der Waals surface area contributed by atoms with Crippen LogP contribution < -0.4 is 5.32 Å². The van der Waals surface area contributed by atoms with Gasteiger partial charge >= 0.3 is 0 Å².